The molecule has 8 nitrogen and oxygen atoms in total. The van der Waals surface area contributed by atoms with Crippen molar-refractivity contribution in [1.82, 2.24) is 4.98 Å². The van der Waals surface area contributed by atoms with Crippen molar-refractivity contribution in [2.24, 2.45) is 5.73 Å². The highest BCUT2D eigenvalue weighted by molar-refractivity contribution is 7.18. The molecule has 0 bridgehead atoms. The number of aromatic nitrogens is 1. The van der Waals surface area contributed by atoms with Gasteiger partial charge >= 0.3 is 11.0 Å². The molecule has 0 spiro atoms. The Morgan fingerprint density at radius 2 is 2.10 bits per heavy atom. The van der Waals surface area contributed by atoms with Gasteiger partial charge in [-0.15, -0.1) is 0 Å². The second-order valence-corrected chi connectivity index (χ2v) is 4.60. The first-order valence-corrected chi connectivity index (χ1v) is 6.18. The second-order valence-electron chi connectivity index (χ2n) is 3.61. The zero-order valence-corrected chi connectivity index (χ0v) is 11.2. The third-order valence-corrected chi connectivity index (χ3v) is 3.34. The third kappa shape index (κ3) is 2.67. The fraction of sp³-hybridized carbons (Fsp3) is 0.0909. The number of hydrogen-bond acceptors (Lipinski definition) is 6. The van der Waals surface area contributed by atoms with E-state index in [-0.39, 0.29) is 10.1 Å². The Balaban J connectivity index is 2.39. The predicted octanol–water partition coefficient (Wildman–Crippen LogP) is 2.28. The summed E-state index contributed by atoms with van der Waals surface area (Å²) in [6.07, 6.45) is 1.08. The number of benzene rings is 1. The fourth-order valence-electron chi connectivity index (χ4n) is 1.51. The first-order valence-electron chi connectivity index (χ1n) is 5.36. The van der Waals surface area contributed by atoms with E-state index >= 15 is 0 Å². The Morgan fingerprint density at radius 3 is 2.55 bits per heavy atom. The van der Waals surface area contributed by atoms with Crippen LogP contribution in [0, 0.1) is 10.1 Å². The van der Waals surface area contributed by atoms with Crippen molar-refractivity contribution >= 4 is 33.2 Å². The number of nitrogens with two attached hydrogens (primary N) is 1. The summed E-state index contributed by atoms with van der Waals surface area (Å²) < 4.78 is 5.01. The molecule has 9 heteroatoms. The van der Waals surface area contributed by atoms with Crippen LogP contribution in [0.15, 0.2) is 30.5 Å². The Hall–Kier alpha value is -2.68. The molecule has 0 atom stereocenters. The van der Waals surface area contributed by atoms with Crippen LogP contribution in [0.4, 0.5) is 20.6 Å². The summed E-state index contributed by atoms with van der Waals surface area (Å²) in [6, 6.07) is 5.73. The number of methoxy groups -OCH3 is 1. The van der Waals surface area contributed by atoms with Crippen LogP contribution in [0.25, 0.3) is 0 Å². The molecule has 1 aromatic heterocycles. The topological polar surface area (TPSA) is 112 Å². The molecule has 2 amide bonds. The molecule has 1 aromatic carbocycles. The minimum atomic E-state index is -0.778. The quantitative estimate of drug-likeness (QED) is 0.686. The first kappa shape index (κ1) is 13.7. The van der Waals surface area contributed by atoms with Crippen LogP contribution in [-0.4, -0.2) is 23.0 Å². The van der Waals surface area contributed by atoms with Gasteiger partial charge in [0.1, 0.15) is 11.9 Å². The SMILES string of the molecule is COc1ccc(N(C(N)=O)c2ncc([N+](=O)[O-])s2)cc1. The van der Waals surface area contributed by atoms with Gasteiger partial charge in [0.15, 0.2) is 0 Å². The molecular weight excluding hydrogens is 284 g/mol. The molecule has 104 valence electrons. The van der Waals surface area contributed by atoms with Gasteiger partial charge in [-0.2, -0.15) is 0 Å². The Bertz CT molecular complexity index is 640. The molecule has 0 saturated heterocycles. The van der Waals surface area contributed by atoms with E-state index in [0.717, 1.165) is 22.4 Å². The average Bonchev–Trinajstić information content (AvgIpc) is 2.89. The number of ether oxygens (including phenoxy) is 1. The second kappa shape index (κ2) is 5.53. The van der Waals surface area contributed by atoms with Crippen molar-refractivity contribution < 1.29 is 14.5 Å². The smallest absolute Gasteiger partial charge is 0.345 e. The Morgan fingerprint density at radius 1 is 1.45 bits per heavy atom. The first-order chi connectivity index (χ1) is 9.52. The van der Waals surface area contributed by atoms with Gasteiger partial charge in [0.25, 0.3) is 0 Å². The number of primary amides is 1. The highest BCUT2D eigenvalue weighted by atomic mass is 32.1. The van der Waals surface area contributed by atoms with Gasteiger partial charge in [-0.05, 0) is 35.6 Å². The van der Waals surface area contributed by atoms with Crippen LogP contribution in [0.5, 0.6) is 5.75 Å². The molecular formula is C11H10N4O4S. The molecule has 0 aliphatic heterocycles. The maximum absolute atomic E-state index is 11.5. The average molecular weight is 294 g/mol. The number of nitro groups is 1. The number of anilines is 2. The lowest BCUT2D eigenvalue weighted by Gasteiger charge is -2.17. The van der Waals surface area contributed by atoms with Gasteiger partial charge in [-0.3, -0.25) is 10.1 Å². The normalized spacial score (nSPS) is 10.1. The van der Waals surface area contributed by atoms with E-state index in [9.17, 15) is 14.9 Å². The van der Waals surface area contributed by atoms with E-state index in [4.69, 9.17) is 10.5 Å². The van der Waals surface area contributed by atoms with E-state index in [2.05, 4.69) is 4.98 Å². The van der Waals surface area contributed by atoms with Crippen molar-refractivity contribution in [3.8, 4) is 5.75 Å². The summed E-state index contributed by atoms with van der Waals surface area (Å²) in [4.78, 5) is 26.6. The fourth-order valence-corrected chi connectivity index (χ4v) is 2.27. The molecule has 2 rings (SSSR count). The van der Waals surface area contributed by atoms with Crippen LogP contribution in [0.2, 0.25) is 0 Å². The lowest BCUT2D eigenvalue weighted by Crippen LogP contribution is -2.31. The molecule has 0 aliphatic rings. The highest BCUT2D eigenvalue weighted by Crippen LogP contribution is 2.33. The number of hydrogen-bond donors (Lipinski definition) is 1. The molecule has 20 heavy (non-hydrogen) atoms. The van der Waals surface area contributed by atoms with Crippen molar-refractivity contribution in [2.75, 3.05) is 12.0 Å². The summed E-state index contributed by atoms with van der Waals surface area (Å²) in [5.74, 6) is 0.614. The van der Waals surface area contributed by atoms with Gasteiger partial charge in [0.05, 0.1) is 17.7 Å². The molecule has 0 fully saturated rings. The molecule has 0 aliphatic carbocycles. The molecule has 0 radical (unpaired) electrons. The summed E-state index contributed by atoms with van der Waals surface area (Å²) >= 11 is 0.766. The van der Waals surface area contributed by atoms with Gasteiger partial charge in [0, 0.05) is 0 Å². The van der Waals surface area contributed by atoms with Gasteiger partial charge < -0.3 is 10.5 Å². The molecule has 0 unspecified atom stereocenters. The summed E-state index contributed by atoms with van der Waals surface area (Å²) in [5.41, 5.74) is 5.76. The molecule has 1 heterocycles. The molecule has 0 saturated carbocycles. The highest BCUT2D eigenvalue weighted by Gasteiger charge is 2.22. The summed E-state index contributed by atoms with van der Waals surface area (Å²) in [6.45, 7) is 0. The van der Waals surface area contributed by atoms with Crippen LogP contribution < -0.4 is 15.4 Å². The zero-order valence-electron chi connectivity index (χ0n) is 10.3. The Kier molecular flexibility index (Phi) is 3.80. The van der Waals surface area contributed by atoms with E-state index in [1.165, 1.54) is 7.11 Å². The van der Waals surface area contributed by atoms with Crippen molar-refractivity contribution in [1.29, 1.82) is 0 Å². The van der Waals surface area contributed by atoms with Crippen LogP contribution in [-0.2, 0) is 0 Å². The maximum Gasteiger partial charge on any atom is 0.345 e. The number of thiazole rings is 1. The lowest BCUT2D eigenvalue weighted by atomic mass is 10.3. The minimum absolute atomic E-state index is 0.134. The lowest BCUT2D eigenvalue weighted by molar-refractivity contribution is -0.380. The minimum Gasteiger partial charge on any atom is -0.497 e. The number of nitrogens with zero attached hydrogens (tertiary/aromatic N) is 3. The summed E-state index contributed by atoms with van der Waals surface area (Å²) in [7, 11) is 1.52. The number of carbonyl (C=O) groups is 1. The molecule has 2 aromatic rings. The van der Waals surface area contributed by atoms with Gasteiger partial charge in [-0.1, -0.05) is 0 Å². The largest absolute Gasteiger partial charge is 0.497 e. The Labute approximate surface area is 117 Å². The van der Waals surface area contributed by atoms with Crippen LogP contribution >= 0.6 is 11.3 Å². The van der Waals surface area contributed by atoms with E-state index in [0.29, 0.717) is 11.4 Å². The standard InChI is InChI=1S/C11H10N4O4S/c1-19-8-4-2-7(3-5-8)14(10(12)16)11-13-6-9(20-11)15(17)18/h2-6H,1H3,(H2,12,16). The summed E-state index contributed by atoms with van der Waals surface area (Å²) in [5, 5.41) is 10.6. The van der Waals surface area contributed by atoms with Crippen molar-refractivity contribution in [3.05, 3.63) is 40.6 Å². The van der Waals surface area contributed by atoms with Gasteiger partial charge in [-0.25, -0.2) is 14.7 Å². The predicted molar refractivity (Wildman–Crippen MR) is 73.5 cm³/mol. The van der Waals surface area contributed by atoms with Crippen LogP contribution in [0.3, 0.4) is 0 Å². The van der Waals surface area contributed by atoms with Crippen molar-refractivity contribution in [3.63, 3.8) is 0 Å². The monoisotopic (exact) mass is 294 g/mol. The zero-order chi connectivity index (χ0) is 14.7. The van der Waals surface area contributed by atoms with E-state index < -0.39 is 11.0 Å². The number of rotatable bonds is 4. The van der Waals surface area contributed by atoms with E-state index in [1.807, 2.05) is 0 Å². The van der Waals surface area contributed by atoms with Crippen molar-refractivity contribution in [2.45, 2.75) is 0 Å². The maximum atomic E-state index is 11.5. The number of urea groups is 1. The van der Waals surface area contributed by atoms with E-state index in [1.54, 1.807) is 24.3 Å². The molecule has 2 N–H and O–H groups in total. The van der Waals surface area contributed by atoms with Gasteiger partial charge in [0.2, 0.25) is 5.13 Å². The third-order valence-electron chi connectivity index (χ3n) is 2.40. The number of amides is 2. The number of carbonyl (C=O) groups excluding carboxylic acids is 1. The van der Waals surface area contributed by atoms with Crippen LogP contribution in [0.1, 0.15) is 0 Å².